The van der Waals surface area contributed by atoms with Crippen LogP contribution in [-0.2, 0) is 4.79 Å². The van der Waals surface area contributed by atoms with Crippen molar-refractivity contribution in [1.29, 1.82) is 0 Å². The van der Waals surface area contributed by atoms with Gasteiger partial charge in [0, 0.05) is 13.0 Å². The third-order valence-corrected chi connectivity index (χ3v) is 2.61. The molecule has 1 aromatic rings. The molecule has 90 valence electrons. The summed E-state index contributed by atoms with van der Waals surface area (Å²) in [6, 6.07) is -0.405. The van der Waals surface area contributed by atoms with Gasteiger partial charge in [-0.25, -0.2) is 14.8 Å². The topological polar surface area (TPSA) is 75.2 Å². The van der Waals surface area contributed by atoms with Gasteiger partial charge in [0.1, 0.15) is 6.33 Å². The van der Waals surface area contributed by atoms with Gasteiger partial charge in [0.15, 0.2) is 0 Å². The maximum atomic E-state index is 11.7. The van der Waals surface area contributed by atoms with E-state index in [1.807, 2.05) is 13.8 Å². The van der Waals surface area contributed by atoms with Crippen molar-refractivity contribution in [2.24, 2.45) is 0 Å². The van der Waals surface area contributed by atoms with Gasteiger partial charge in [-0.2, -0.15) is 0 Å². The molecule has 0 spiro atoms. The normalized spacial score (nSPS) is 16.3. The molecule has 1 aliphatic rings. The summed E-state index contributed by atoms with van der Waals surface area (Å²) in [4.78, 5) is 32.4. The number of imide groups is 1. The Morgan fingerprint density at radius 2 is 2.18 bits per heavy atom. The van der Waals surface area contributed by atoms with Crippen LogP contribution in [0.15, 0.2) is 12.5 Å². The number of rotatable bonds is 2. The van der Waals surface area contributed by atoms with E-state index >= 15 is 0 Å². The first kappa shape index (κ1) is 11.5. The van der Waals surface area contributed by atoms with Gasteiger partial charge in [-0.3, -0.25) is 15.0 Å². The number of anilines is 1. The molecule has 2 heterocycles. The van der Waals surface area contributed by atoms with E-state index in [9.17, 15) is 9.59 Å². The fourth-order valence-electron chi connectivity index (χ4n) is 1.78. The van der Waals surface area contributed by atoms with Crippen LogP contribution in [0.3, 0.4) is 0 Å². The van der Waals surface area contributed by atoms with Gasteiger partial charge < -0.3 is 0 Å². The predicted molar refractivity (Wildman–Crippen MR) is 61.6 cm³/mol. The first-order valence-corrected chi connectivity index (χ1v) is 5.51. The summed E-state index contributed by atoms with van der Waals surface area (Å²) in [5.74, 6) is -0.0485. The molecule has 1 fully saturated rings. The monoisotopic (exact) mass is 234 g/mol. The average Bonchev–Trinajstić information content (AvgIpc) is 2.29. The van der Waals surface area contributed by atoms with Crippen LogP contribution in [0.2, 0.25) is 0 Å². The largest absolute Gasteiger partial charge is 0.328 e. The molecule has 0 radical (unpaired) electrons. The molecular formula is C11H14N4O2. The van der Waals surface area contributed by atoms with Crippen molar-refractivity contribution in [1.82, 2.24) is 15.3 Å². The third kappa shape index (κ3) is 2.25. The van der Waals surface area contributed by atoms with Crippen molar-refractivity contribution in [3.63, 3.8) is 0 Å². The molecule has 1 saturated heterocycles. The number of amides is 3. The molecule has 0 unspecified atom stereocenters. The van der Waals surface area contributed by atoms with Gasteiger partial charge in [-0.1, -0.05) is 13.8 Å². The number of carbonyl (C=O) groups is 2. The fraction of sp³-hybridized carbons (Fsp3) is 0.455. The summed E-state index contributed by atoms with van der Waals surface area (Å²) >= 11 is 0. The minimum Gasteiger partial charge on any atom is -0.290 e. The van der Waals surface area contributed by atoms with E-state index in [1.54, 1.807) is 6.20 Å². The lowest BCUT2D eigenvalue weighted by atomic mass is 10.1. The van der Waals surface area contributed by atoms with Crippen molar-refractivity contribution in [3.8, 4) is 0 Å². The Kier molecular flexibility index (Phi) is 3.03. The molecule has 6 nitrogen and oxygen atoms in total. The smallest absolute Gasteiger partial charge is 0.290 e. The van der Waals surface area contributed by atoms with Crippen LogP contribution in [0.4, 0.5) is 10.5 Å². The molecule has 0 bridgehead atoms. The molecule has 0 atom stereocenters. The maximum absolute atomic E-state index is 11.7. The maximum Gasteiger partial charge on any atom is 0.328 e. The van der Waals surface area contributed by atoms with Gasteiger partial charge >= 0.3 is 6.03 Å². The summed E-state index contributed by atoms with van der Waals surface area (Å²) < 4.78 is 0. The number of aromatic nitrogens is 2. The van der Waals surface area contributed by atoms with Gasteiger partial charge in [-0.15, -0.1) is 0 Å². The molecule has 0 aromatic carbocycles. The van der Waals surface area contributed by atoms with E-state index in [4.69, 9.17) is 0 Å². The predicted octanol–water partition coefficient (Wildman–Crippen LogP) is 1.05. The molecule has 1 aromatic heterocycles. The van der Waals surface area contributed by atoms with Gasteiger partial charge in [0.05, 0.1) is 17.6 Å². The van der Waals surface area contributed by atoms with Crippen molar-refractivity contribution in [3.05, 3.63) is 18.2 Å². The Bertz CT molecular complexity index is 459. The first-order valence-electron chi connectivity index (χ1n) is 5.51. The number of nitrogens with one attached hydrogen (secondary N) is 1. The second-order valence-corrected chi connectivity index (χ2v) is 4.20. The van der Waals surface area contributed by atoms with Crippen LogP contribution in [0.25, 0.3) is 0 Å². The molecule has 6 heteroatoms. The lowest BCUT2D eigenvalue weighted by Crippen LogP contribution is -2.50. The highest BCUT2D eigenvalue weighted by atomic mass is 16.2. The second kappa shape index (κ2) is 4.48. The van der Waals surface area contributed by atoms with Gasteiger partial charge in [0.25, 0.3) is 0 Å². The third-order valence-electron chi connectivity index (χ3n) is 2.61. The molecule has 17 heavy (non-hydrogen) atoms. The van der Waals surface area contributed by atoms with Crippen molar-refractivity contribution < 1.29 is 9.59 Å². The standard InChI is InChI=1S/C11H14N4O2/c1-7(2)10-8(5-12-6-13-10)15-4-3-9(16)14-11(15)17/h5-7H,3-4H2,1-2H3,(H,14,16,17). The number of nitrogens with zero attached hydrogens (tertiary/aromatic N) is 3. The summed E-state index contributed by atoms with van der Waals surface area (Å²) in [7, 11) is 0. The minimum absolute atomic E-state index is 0.193. The fourth-order valence-corrected chi connectivity index (χ4v) is 1.78. The Morgan fingerprint density at radius 1 is 1.41 bits per heavy atom. The highest BCUT2D eigenvalue weighted by Gasteiger charge is 2.27. The van der Waals surface area contributed by atoms with Crippen LogP contribution in [-0.4, -0.2) is 28.5 Å². The van der Waals surface area contributed by atoms with Crippen LogP contribution in [0.1, 0.15) is 31.9 Å². The zero-order chi connectivity index (χ0) is 12.4. The summed E-state index contributed by atoms with van der Waals surface area (Å²) in [5, 5.41) is 2.29. The van der Waals surface area contributed by atoms with E-state index in [0.717, 1.165) is 5.69 Å². The highest BCUT2D eigenvalue weighted by molar-refractivity contribution is 6.05. The average molecular weight is 234 g/mol. The number of hydrogen-bond acceptors (Lipinski definition) is 4. The summed E-state index contributed by atoms with van der Waals surface area (Å²) in [5.41, 5.74) is 1.48. The van der Waals surface area contributed by atoms with E-state index in [1.165, 1.54) is 11.2 Å². The Labute approximate surface area is 99.1 Å². The van der Waals surface area contributed by atoms with Crippen molar-refractivity contribution >= 4 is 17.6 Å². The minimum atomic E-state index is -0.405. The summed E-state index contributed by atoms with van der Waals surface area (Å²) in [6.07, 6.45) is 3.38. The molecule has 3 amide bonds. The first-order chi connectivity index (χ1) is 8.09. The Balaban J connectivity index is 2.34. The lowest BCUT2D eigenvalue weighted by molar-refractivity contribution is -0.120. The summed E-state index contributed by atoms with van der Waals surface area (Å²) in [6.45, 7) is 4.37. The lowest BCUT2D eigenvalue weighted by Gasteiger charge is -2.28. The van der Waals surface area contributed by atoms with Crippen molar-refractivity contribution in [2.75, 3.05) is 11.4 Å². The van der Waals surface area contributed by atoms with Crippen LogP contribution < -0.4 is 10.2 Å². The van der Waals surface area contributed by atoms with E-state index in [0.29, 0.717) is 18.7 Å². The Morgan fingerprint density at radius 3 is 2.82 bits per heavy atom. The SMILES string of the molecule is CC(C)c1ncncc1N1CCC(=O)NC1=O. The number of urea groups is 1. The van der Waals surface area contributed by atoms with Crippen LogP contribution in [0.5, 0.6) is 0 Å². The molecule has 1 N–H and O–H groups in total. The zero-order valence-electron chi connectivity index (χ0n) is 9.80. The molecule has 2 rings (SSSR count). The van der Waals surface area contributed by atoms with Gasteiger partial charge in [-0.05, 0) is 5.92 Å². The Hall–Kier alpha value is -1.98. The molecule has 0 saturated carbocycles. The van der Waals surface area contributed by atoms with E-state index in [2.05, 4.69) is 15.3 Å². The number of hydrogen-bond donors (Lipinski definition) is 1. The van der Waals surface area contributed by atoms with Crippen molar-refractivity contribution in [2.45, 2.75) is 26.2 Å². The highest BCUT2D eigenvalue weighted by Crippen LogP contribution is 2.25. The second-order valence-electron chi connectivity index (χ2n) is 4.20. The zero-order valence-corrected chi connectivity index (χ0v) is 9.80. The van der Waals surface area contributed by atoms with Gasteiger partial charge in [0.2, 0.25) is 5.91 Å². The molecular weight excluding hydrogens is 220 g/mol. The quantitative estimate of drug-likeness (QED) is 0.829. The molecule has 1 aliphatic heterocycles. The van der Waals surface area contributed by atoms with Crippen LogP contribution in [0, 0.1) is 0 Å². The van der Waals surface area contributed by atoms with E-state index in [-0.39, 0.29) is 11.8 Å². The van der Waals surface area contributed by atoms with Crippen LogP contribution >= 0.6 is 0 Å². The molecule has 0 aliphatic carbocycles. The number of carbonyl (C=O) groups excluding carboxylic acids is 2. The van der Waals surface area contributed by atoms with E-state index < -0.39 is 6.03 Å².